The third-order valence-corrected chi connectivity index (χ3v) is 4.10. The highest BCUT2D eigenvalue weighted by Crippen LogP contribution is 2.34. The van der Waals surface area contributed by atoms with Crippen LogP contribution in [0.1, 0.15) is 11.1 Å². The van der Waals surface area contributed by atoms with Gasteiger partial charge in [0, 0.05) is 16.8 Å². The Kier molecular flexibility index (Phi) is 5.71. The van der Waals surface area contributed by atoms with Crippen molar-refractivity contribution in [3.8, 4) is 11.8 Å². The summed E-state index contributed by atoms with van der Waals surface area (Å²) in [6, 6.07) is 13.1. The number of hydrogen-bond donors (Lipinski definition) is 1. The highest BCUT2D eigenvalue weighted by molar-refractivity contribution is 6.30. The van der Waals surface area contributed by atoms with E-state index >= 15 is 0 Å². The Hall–Kier alpha value is -3.57. The molecule has 0 atom stereocenters. The van der Waals surface area contributed by atoms with Gasteiger partial charge in [0.2, 0.25) is 0 Å². The lowest BCUT2D eigenvalue weighted by Gasteiger charge is -2.13. The number of carbonyl (C=O) groups excluding carboxylic acids is 1. The third-order valence-electron chi connectivity index (χ3n) is 3.85. The van der Waals surface area contributed by atoms with Crippen molar-refractivity contribution in [2.75, 3.05) is 5.32 Å². The van der Waals surface area contributed by atoms with E-state index in [2.05, 4.69) is 10.4 Å². The fourth-order valence-electron chi connectivity index (χ4n) is 2.49. The Balaban J connectivity index is 1.83. The third kappa shape index (κ3) is 4.83. The molecule has 1 N–H and O–H groups in total. The highest BCUT2D eigenvalue weighted by Gasteiger charge is 2.33. The molecular weight excluding hydrogens is 405 g/mol. The van der Waals surface area contributed by atoms with Gasteiger partial charge in [-0.1, -0.05) is 23.7 Å². The Bertz CT molecular complexity index is 1110. The number of carbonyl (C=O) groups is 1. The van der Waals surface area contributed by atoms with E-state index in [-0.39, 0.29) is 5.57 Å². The number of halogens is 4. The molecule has 1 aromatic heterocycles. The molecule has 0 unspecified atom stereocenters. The van der Waals surface area contributed by atoms with E-state index in [1.165, 1.54) is 29.1 Å². The lowest BCUT2D eigenvalue weighted by atomic mass is 10.1. The standard InChI is InChI=1S/C20H12ClF3N4O/c21-15-5-7-16(8-6-15)28-12-13(11-26-28)9-14(10-25)19(29)27-18-4-2-1-3-17(18)20(22,23)24/h1-9,11-12H,(H,27,29). The zero-order chi connectivity index (χ0) is 21.0. The van der Waals surface area contributed by atoms with Gasteiger partial charge in [-0.15, -0.1) is 0 Å². The van der Waals surface area contributed by atoms with E-state index in [0.717, 1.165) is 12.1 Å². The SMILES string of the molecule is N#CC(=Cc1cnn(-c2ccc(Cl)cc2)c1)C(=O)Nc1ccccc1C(F)(F)F. The van der Waals surface area contributed by atoms with Gasteiger partial charge in [-0.3, -0.25) is 4.79 Å². The zero-order valence-electron chi connectivity index (χ0n) is 14.6. The van der Waals surface area contributed by atoms with Crippen molar-refractivity contribution in [3.05, 3.63) is 82.6 Å². The van der Waals surface area contributed by atoms with Gasteiger partial charge in [0.1, 0.15) is 11.6 Å². The molecule has 0 aliphatic carbocycles. The van der Waals surface area contributed by atoms with Crippen molar-refractivity contribution in [2.24, 2.45) is 0 Å². The smallest absolute Gasteiger partial charge is 0.321 e. The summed E-state index contributed by atoms with van der Waals surface area (Å²) in [4.78, 5) is 12.3. The summed E-state index contributed by atoms with van der Waals surface area (Å²) in [6.07, 6.45) is -0.411. The number of nitrogens with zero attached hydrogens (tertiary/aromatic N) is 3. The minimum Gasteiger partial charge on any atom is -0.321 e. The minimum atomic E-state index is -4.64. The van der Waals surface area contributed by atoms with Crippen molar-refractivity contribution >= 4 is 29.3 Å². The van der Waals surface area contributed by atoms with Crippen LogP contribution in [0.25, 0.3) is 11.8 Å². The number of amides is 1. The summed E-state index contributed by atoms with van der Waals surface area (Å²) >= 11 is 5.84. The van der Waals surface area contributed by atoms with Crippen LogP contribution in [-0.2, 0) is 11.0 Å². The van der Waals surface area contributed by atoms with Gasteiger partial charge in [0.25, 0.3) is 5.91 Å². The molecule has 0 saturated heterocycles. The molecule has 5 nitrogen and oxygen atoms in total. The van der Waals surface area contributed by atoms with Crippen LogP contribution in [0.5, 0.6) is 0 Å². The summed E-state index contributed by atoms with van der Waals surface area (Å²) < 4.78 is 40.7. The van der Waals surface area contributed by atoms with E-state index in [1.807, 2.05) is 0 Å². The maximum absolute atomic E-state index is 13.1. The van der Waals surface area contributed by atoms with Gasteiger partial charge in [0.05, 0.1) is 23.1 Å². The van der Waals surface area contributed by atoms with Gasteiger partial charge in [-0.2, -0.15) is 23.5 Å². The lowest BCUT2D eigenvalue weighted by molar-refractivity contribution is -0.137. The zero-order valence-corrected chi connectivity index (χ0v) is 15.4. The number of nitrogens with one attached hydrogen (secondary N) is 1. The monoisotopic (exact) mass is 416 g/mol. The number of hydrogen-bond acceptors (Lipinski definition) is 3. The van der Waals surface area contributed by atoms with Crippen molar-refractivity contribution < 1.29 is 18.0 Å². The van der Waals surface area contributed by atoms with E-state index < -0.39 is 23.3 Å². The van der Waals surface area contributed by atoms with E-state index in [0.29, 0.717) is 16.3 Å². The van der Waals surface area contributed by atoms with Crippen molar-refractivity contribution in [2.45, 2.75) is 6.18 Å². The molecule has 0 aliphatic rings. The molecular formula is C20H12ClF3N4O. The van der Waals surface area contributed by atoms with Gasteiger partial charge in [-0.05, 0) is 42.5 Å². The summed E-state index contributed by atoms with van der Waals surface area (Å²) in [5.41, 5.74) is -0.659. The molecule has 0 spiro atoms. The first-order valence-electron chi connectivity index (χ1n) is 8.18. The largest absolute Gasteiger partial charge is 0.418 e. The van der Waals surface area contributed by atoms with Gasteiger partial charge >= 0.3 is 6.18 Å². The topological polar surface area (TPSA) is 70.7 Å². The Morgan fingerprint density at radius 1 is 1.17 bits per heavy atom. The quantitative estimate of drug-likeness (QED) is 0.475. The molecule has 146 valence electrons. The second-order valence-corrected chi connectivity index (χ2v) is 6.30. The first kappa shape index (κ1) is 20.2. The highest BCUT2D eigenvalue weighted by atomic mass is 35.5. The van der Waals surface area contributed by atoms with Crippen LogP contribution in [0.4, 0.5) is 18.9 Å². The average Bonchev–Trinajstić information content (AvgIpc) is 3.15. The van der Waals surface area contributed by atoms with Crippen molar-refractivity contribution in [3.63, 3.8) is 0 Å². The lowest BCUT2D eigenvalue weighted by Crippen LogP contribution is -2.17. The molecule has 3 aromatic rings. The Morgan fingerprint density at radius 2 is 1.86 bits per heavy atom. The van der Waals surface area contributed by atoms with Gasteiger partial charge in [-0.25, -0.2) is 4.68 Å². The summed E-state index contributed by atoms with van der Waals surface area (Å²) in [6.45, 7) is 0. The Morgan fingerprint density at radius 3 is 2.52 bits per heavy atom. The average molecular weight is 417 g/mol. The molecule has 3 rings (SSSR count). The molecule has 0 saturated carbocycles. The number of benzene rings is 2. The number of anilines is 1. The maximum atomic E-state index is 13.1. The van der Waals surface area contributed by atoms with E-state index in [1.54, 1.807) is 36.5 Å². The molecule has 0 radical (unpaired) electrons. The van der Waals surface area contributed by atoms with Crippen molar-refractivity contribution in [1.82, 2.24) is 9.78 Å². The predicted molar refractivity (Wildman–Crippen MR) is 102 cm³/mol. The fraction of sp³-hybridized carbons (Fsp3) is 0.0500. The normalized spacial score (nSPS) is 11.8. The van der Waals surface area contributed by atoms with Crippen LogP contribution in [0.15, 0.2) is 66.5 Å². The van der Waals surface area contributed by atoms with Crippen LogP contribution in [-0.4, -0.2) is 15.7 Å². The molecule has 1 heterocycles. The predicted octanol–water partition coefficient (Wildman–Crippen LogP) is 5.09. The Labute approximate surface area is 168 Å². The van der Waals surface area contributed by atoms with Crippen LogP contribution < -0.4 is 5.32 Å². The molecule has 0 aliphatic heterocycles. The summed E-state index contributed by atoms with van der Waals surface area (Å²) in [5, 5.41) is 16.1. The number of aromatic nitrogens is 2. The molecule has 1 amide bonds. The molecule has 9 heteroatoms. The number of nitriles is 1. The number of para-hydroxylation sites is 1. The molecule has 2 aromatic carbocycles. The summed E-state index contributed by atoms with van der Waals surface area (Å²) in [7, 11) is 0. The van der Waals surface area contributed by atoms with Crippen LogP contribution in [0, 0.1) is 11.3 Å². The van der Waals surface area contributed by atoms with Gasteiger partial charge < -0.3 is 5.32 Å². The van der Waals surface area contributed by atoms with E-state index in [9.17, 15) is 23.2 Å². The van der Waals surface area contributed by atoms with Crippen LogP contribution >= 0.6 is 11.6 Å². The minimum absolute atomic E-state index is 0.363. The first-order valence-corrected chi connectivity index (χ1v) is 8.56. The number of rotatable bonds is 4. The van der Waals surface area contributed by atoms with Crippen LogP contribution in [0.3, 0.4) is 0 Å². The first-order chi connectivity index (χ1) is 13.8. The fourth-order valence-corrected chi connectivity index (χ4v) is 2.62. The number of alkyl halides is 3. The molecule has 0 bridgehead atoms. The van der Waals surface area contributed by atoms with Gasteiger partial charge in [0.15, 0.2) is 0 Å². The van der Waals surface area contributed by atoms with E-state index in [4.69, 9.17) is 11.6 Å². The molecule has 0 fully saturated rings. The van der Waals surface area contributed by atoms with Crippen LogP contribution in [0.2, 0.25) is 5.02 Å². The second kappa shape index (κ2) is 8.20. The molecule has 29 heavy (non-hydrogen) atoms. The summed E-state index contributed by atoms with van der Waals surface area (Å²) in [5.74, 6) is -0.955. The second-order valence-electron chi connectivity index (χ2n) is 5.86. The maximum Gasteiger partial charge on any atom is 0.418 e. The van der Waals surface area contributed by atoms with Crippen molar-refractivity contribution in [1.29, 1.82) is 5.26 Å².